The maximum atomic E-state index is 13.6. The Hall–Kier alpha value is -3.60. The monoisotopic (exact) mass is 518 g/mol. The molecule has 0 spiro atoms. The Morgan fingerprint density at radius 1 is 1.13 bits per heavy atom. The van der Waals surface area contributed by atoms with Gasteiger partial charge in [-0.15, -0.1) is 0 Å². The van der Waals surface area contributed by atoms with E-state index in [9.17, 15) is 14.4 Å². The quantitative estimate of drug-likeness (QED) is 0.377. The molecule has 6 rings (SSSR count). The molecule has 38 heavy (non-hydrogen) atoms. The van der Waals surface area contributed by atoms with Crippen molar-refractivity contribution in [3.8, 4) is 11.4 Å². The number of para-hydroxylation sites is 1. The topological polar surface area (TPSA) is 114 Å². The lowest BCUT2D eigenvalue weighted by atomic mass is 9.85. The predicted molar refractivity (Wildman–Crippen MR) is 138 cm³/mol. The number of aliphatic hydroxyl groups is 1. The van der Waals surface area contributed by atoms with Crippen LogP contribution in [0.1, 0.15) is 30.0 Å². The Bertz CT molecular complexity index is 1490. The fourth-order valence-corrected chi connectivity index (χ4v) is 5.80. The van der Waals surface area contributed by atoms with Gasteiger partial charge in [-0.1, -0.05) is 25.1 Å². The molecule has 3 aliphatic rings. The van der Waals surface area contributed by atoms with Crippen LogP contribution in [-0.4, -0.2) is 82.3 Å². The number of aromatic nitrogens is 2. The van der Waals surface area contributed by atoms with Crippen LogP contribution in [0.5, 0.6) is 0 Å². The number of hydrogen-bond donors (Lipinski definition) is 1. The lowest BCUT2D eigenvalue weighted by Gasteiger charge is -2.37. The van der Waals surface area contributed by atoms with E-state index in [0.717, 1.165) is 29.6 Å². The summed E-state index contributed by atoms with van der Waals surface area (Å²) in [5.74, 6) is -1.21. The van der Waals surface area contributed by atoms with Crippen molar-refractivity contribution in [1.82, 2.24) is 19.4 Å². The molecule has 10 nitrogen and oxygen atoms in total. The van der Waals surface area contributed by atoms with Crippen LogP contribution in [0.3, 0.4) is 0 Å². The molecular formula is C28H30N4O6. The summed E-state index contributed by atoms with van der Waals surface area (Å²) in [6.07, 6.45) is 0.135. The number of esters is 2. The number of fused-ring (bicyclic) bond motifs is 5. The second-order valence-electron chi connectivity index (χ2n) is 10.1. The summed E-state index contributed by atoms with van der Waals surface area (Å²) in [5.41, 5.74) is 1.80. The first-order valence-corrected chi connectivity index (χ1v) is 13.0. The van der Waals surface area contributed by atoms with Crippen molar-refractivity contribution in [2.75, 3.05) is 45.9 Å². The molecule has 1 fully saturated rings. The van der Waals surface area contributed by atoms with Gasteiger partial charge in [0.15, 0.2) is 0 Å². The molecule has 1 saturated heterocycles. The Morgan fingerprint density at radius 3 is 2.66 bits per heavy atom. The van der Waals surface area contributed by atoms with Crippen LogP contribution in [0, 0.1) is 0 Å². The van der Waals surface area contributed by atoms with Gasteiger partial charge in [0, 0.05) is 49.2 Å². The van der Waals surface area contributed by atoms with E-state index in [0.29, 0.717) is 48.7 Å². The molecule has 0 radical (unpaired) electrons. The molecule has 1 atom stereocenters. The summed E-state index contributed by atoms with van der Waals surface area (Å²) in [4.78, 5) is 48.9. The first kappa shape index (κ1) is 24.7. The Labute approximate surface area is 219 Å². The Balaban J connectivity index is 1.34. The van der Waals surface area contributed by atoms with Gasteiger partial charge in [-0.05, 0) is 24.6 Å². The van der Waals surface area contributed by atoms with Gasteiger partial charge in [0.25, 0.3) is 5.56 Å². The first-order valence-electron chi connectivity index (χ1n) is 13.0. The van der Waals surface area contributed by atoms with Crippen molar-refractivity contribution in [3.05, 3.63) is 63.4 Å². The number of pyridine rings is 2. The summed E-state index contributed by atoms with van der Waals surface area (Å²) in [7, 11) is 0. The summed E-state index contributed by atoms with van der Waals surface area (Å²) in [6.45, 7) is 5.48. The van der Waals surface area contributed by atoms with Gasteiger partial charge in [-0.3, -0.25) is 19.4 Å². The number of cyclic esters (lactones) is 1. The second kappa shape index (κ2) is 9.61. The van der Waals surface area contributed by atoms with E-state index in [2.05, 4.69) is 4.90 Å². The molecule has 5 heterocycles. The third kappa shape index (κ3) is 4.00. The lowest BCUT2D eigenvalue weighted by Crippen LogP contribution is -2.51. The maximum absolute atomic E-state index is 13.6. The standard InChI is InChI=1S/C28H30N4O6/c1-2-28(38-24(34)16-31-9-7-30(8-10-31)11-12-33)21-14-23-25-19(13-18-5-3-4-6-22(18)29-25)15-32(23)26(35)20(21)17-37-27(28)36/h3-6,13-14,33H,2,7-12,15-17H2,1H3/t28-/m0/s1. The molecule has 3 aliphatic heterocycles. The van der Waals surface area contributed by atoms with Gasteiger partial charge in [0.2, 0.25) is 5.60 Å². The number of β-amino-alcohol motifs (C(OH)–C–C–N with tert-alkyl or cyclic N) is 1. The molecule has 0 unspecified atom stereocenters. The molecule has 0 bridgehead atoms. The van der Waals surface area contributed by atoms with E-state index in [1.165, 1.54) is 0 Å². The molecule has 10 heteroatoms. The van der Waals surface area contributed by atoms with Crippen molar-refractivity contribution in [1.29, 1.82) is 0 Å². The summed E-state index contributed by atoms with van der Waals surface area (Å²) >= 11 is 0. The summed E-state index contributed by atoms with van der Waals surface area (Å²) in [6, 6.07) is 11.6. The Morgan fingerprint density at radius 2 is 1.89 bits per heavy atom. The largest absolute Gasteiger partial charge is 0.457 e. The predicted octanol–water partition coefficient (Wildman–Crippen LogP) is 1.24. The number of nitrogens with zero attached hydrogens (tertiary/aromatic N) is 4. The Kier molecular flexibility index (Phi) is 6.25. The number of hydrogen-bond acceptors (Lipinski definition) is 9. The van der Waals surface area contributed by atoms with Crippen molar-refractivity contribution < 1.29 is 24.2 Å². The van der Waals surface area contributed by atoms with Crippen LogP contribution in [0.4, 0.5) is 0 Å². The molecule has 0 aliphatic carbocycles. The van der Waals surface area contributed by atoms with Gasteiger partial charge in [0.1, 0.15) is 6.61 Å². The average molecular weight is 519 g/mol. The number of piperazine rings is 1. The summed E-state index contributed by atoms with van der Waals surface area (Å²) in [5, 5.41) is 10.1. The van der Waals surface area contributed by atoms with Gasteiger partial charge in [0.05, 0.1) is 42.2 Å². The molecule has 0 saturated carbocycles. The van der Waals surface area contributed by atoms with Crippen molar-refractivity contribution in [2.24, 2.45) is 0 Å². The van der Waals surface area contributed by atoms with Crippen molar-refractivity contribution in [2.45, 2.75) is 32.1 Å². The zero-order valence-corrected chi connectivity index (χ0v) is 21.3. The van der Waals surface area contributed by atoms with E-state index in [4.69, 9.17) is 19.6 Å². The van der Waals surface area contributed by atoms with E-state index in [-0.39, 0.29) is 31.7 Å². The molecular weight excluding hydrogens is 488 g/mol. The highest BCUT2D eigenvalue weighted by Gasteiger charge is 2.50. The lowest BCUT2D eigenvalue weighted by molar-refractivity contribution is -0.190. The highest BCUT2D eigenvalue weighted by Crippen LogP contribution is 2.41. The van der Waals surface area contributed by atoms with E-state index in [1.807, 2.05) is 35.2 Å². The highest BCUT2D eigenvalue weighted by atomic mass is 16.6. The molecule has 3 aromatic rings. The second-order valence-corrected chi connectivity index (χ2v) is 10.1. The maximum Gasteiger partial charge on any atom is 0.355 e. The minimum Gasteiger partial charge on any atom is -0.457 e. The SMILES string of the molecule is CC[C@@]1(OC(=O)CN2CCN(CCO)CC2)C(=O)OCc2c1cc1n(c2=O)Cc2cc3ccccc3nc2-1. The van der Waals surface area contributed by atoms with Crippen LogP contribution < -0.4 is 5.56 Å². The minimum atomic E-state index is -1.70. The van der Waals surface area contributed by atoms with Crippen LogP contribution in [0.25, 0.3) is 22.3 Å². The number of carbonyl (C=O) groups excluding carboxylic acids is 2. The number of ether oxygens (including phenoxy) is 2. The van der Waals surface area contributed by atoms with E-state index < -0.39 is 17.5 Å². The fourth-order valence-electron chi connectivity index (χ4n) is 5.80. The zero-order chi connectivity index (χ0) is 26.4. The van der Waals surface area contributed by atoms with Crippen LogP contribution in [0.15, 0.2) is 41.2 Å². The van der Waals surface area contributed by atoms with Crippen molar-refractivity contribution in [3.63, 3.8) is 0 Å². The third-order valence-electron chi connectivity index (χ3n) is 7.91. The number of benzene rings is 1. The third-order valence-corrected chi connectivity index (χ3v) is 7.91. The molecule has 0 amide bonds. The molecule has 198 valence electrons. The van der Waals surface area contributed by atoms with Crippen molar-refractivity contribution >= 4 is 22.8 Å². The molecule has 1 N–H and O–H groups in total. The van der Waals surface area contributed by atoms with E-state index in [1.54, 1.807) is 17.6 Å². The zero-order valence-electron chi connectivity index (χ0n) is 21.3. The number of rotatable bonds is 6. The number of carbonyl (C=O) groups is 2. The van der Waals surface area contributed by atoms with Crippen LogP contribution >= 0.6 is 0 Å². The number of aliphatic hydroxyl groups excluding tert-OH is 1. The smallest absolute Gasteiger partial charge is 0.355 e. The van der Waals surface area contributed by atoms with Gasteiger partial charge >= 0.3 is 11.9 Å². The highest BCUT2D eigenvalue weighted by molar-refractivity contribution is 5.88. The average Bonchev–Trinajstić information content (AvgIpc) is 3.28. The van der Waals surface area contributed by atoms with Gasteiger partial charge < -0.3 is 19.1 Å². The fraction of sp³-hybridized carbons (Fsp3) is 0.429. The molecule has 1 aromatic carbocycles. The van der Waals surface area contributed by atoms with Crippen LogP contribution in [-0.2, 0) is 37.8 Å². The summed E-state index contributed by atoms with van der Waals surface area (Å²) < 4.78 is 13.0. The normalized spacial score (nSPS) is 21.1. The molecule has 2 aromatic heterocycles. The van der Waals surface area contributed by atoms with Crippen LogP contribution in [0.2, 0.25) is 0 Å². The van der Waals surface area contributed by atoms with Gasteiger partial charge in [-0.25, -0.2) is 9.78 Å². The van der Waals surface area contributed by atoms with E-state index >= 15 is 0 Å². The first-order chi connectivity index (χ1) is 18.4. The van der Waals surface area contributed by atoms with Gasteiger partial charge in [-0.2, -0.15) is 0 Å². The minimum absolute atomic E-state index is 0.0254.